The predicted octanol–water partition coefficient (Wildman–Crippen LogP) is 2.53. The number of thioether (sulfide) groups is 1. The molecule has 2 aromatic heterocycles. The van der Waals surface area contributed by atoms with Crippen LogP contribution in [0.3, 0.4) is 0 Å². The van der Waals surface area contributed by atoms with Crippen LogP contribution in [-0.4, -0.2) is 44.9 Å². The van der Waals surface area contributed by atoms with Crippen LogP contribution in [0.2, 0.25) is 0 Å². The van der Waals surface area contributed by atoms with Gasteiger partial charge in [-0.05, 0) is 44.0 Å². The Bertz CT molecular complexity index is 670. The predicted molar refractivity (Wildman–Crippen MR) is 97.2 cm³/mol. The van der Waals surface area contributed by atoms with Crippen LogP contribution in [0.1, 0.15) is 36.5 Å². The smallest absolute Gasteiger partial charge is 0.234 e. The van der Waals surface area contributed by atoms with Crippen molar-refractivity contribution < 1.29 is 4.79 Å². The minimum absolute atomic E-state index is 0.0722. The number of nitrogens with zero attached hydrogens (tertiary/aromatic N) is 4. The molecule has 1 fully saturated rings. The van der Waals surface area contributed by atoms with Crippen molar-refractivity contribution in [3.05, 3.63) is 28.2 Å². The van der Waals surface area contributed by atoms with Crippen LogP contribution < -0.4 is 5.32 Å². The largest absolute Gasteiger partial charge is 0.350 e. The summed E-state index contributed by atoms with van der Waals surface area (Å²) in [4.78, 5) is 15.7. The lowest BCUT2D eigenvalue weighted by Gasteiger charge is -2.23. The summed E-state index contributed by atoms with van der Waals surface area (Å²) in [5.74, 6) is 1.06. The molecular formula is C16H23N5OS2. The molecule has 6 nitrogen and oxygen atoms in total. The molecule has 1 unspecified atom stereocenters. The van der Waals surface area contributed by atoms with Gasteiger partial charge in [-0.25, -0.2) is 0 Å². The average molecular weight is 366 g/mol. The standard InChI is InChI=1S/C16H23N5OS2/c1-3-21-15(18-19-16(21)23-2)13-7-4-8-20(13)11-14(22)17-10-12-6-5-9-24-12/h5-6,9,13H,3-4,7-8,10-11H2,1-2H3,(H,17,22). The molecule has 0 spiro atoms. The van der Waals surface area contributed by atoms with E-state index in [1.165, 1.54) is 4.88 Å². The average Bonchev–Trinajstić information content (AvgIpc) is 3.32. The van der Waals surface area contributed by atoms with Crippen LogP contribution >= 0.6 is 23.1 Å². The fourth-order valence-electron chi connectivity index (χ4n) is 3.14. The van der Waals surface area contributed by atoms with Crippen molar-refractivity contribution in [1.82, 2.24) is 25.0 Å². The van der Waals surface area contributed by atoms with E-state index in [2.05, 4.69) is 31.9 Å². The molecule has 1 atom stereocenters. The SMILES string of the molecule is CCn1c(SC)nnc1C1CCCN1CC(=O)NCc1cccs1. The zero-order chi connectivity index (χ0) is 16.9. The molecule has 0 bridgehead atoms. The van der Waals surface area contributed by atoms with Gasteiger partial charge in [0.2, 0.25) is 5.91 Å². The summed E-state index contributed by atoms with van der Waals surface area (Å²) < 4.78 is 2.16. The minimum atomic E-state index is 0.0722. The highest BCUT2D eigenvalue weighted by atomic mass is 32.2. The van der Waals surface area contributed by atoms with Gasteiger partial charge in [-0.1, -0.05) is 17.8 Å². The molecule has 0 radical (unpaired) electrons. The van der Waals surface area contributed by atoms with Crippen molar-refractivity contribution in [2.24, 2.45) is 0 Å². The molecule has 24 heavy (non-hydrogen) atoms. The summed E-state index contributed by atoms with van der Waals surface area (Å²) in [6.07, 6.45) is 4.14. The van der Waals surface area contributed by atoms with Gasteiger partial charge >= 0.3 is 0 Å². The lowest BCUT2D eigenvalue weighted by atomic mass is 10.2. The number of hydrogen-bond acceptors (Lipinski definition) is 6. The van der Waals surface area contributed by atoms with Gasteiger partial charge in [-0.2, -0.15) is 0 Å². The fraction of sp³-hybridized carbons (Fsp3) is 0.562. The molecule has 1 N–H and O–H groups in total. The number of rotatable bonds is 7. The van der Waals surface area contributed by atoms with E-state index in [0.717, 1.165) is 36.9 Å². The first-order valence-corrected chi connectivity index (χ1v) is 10.3. The van der Waals surface area contributed by atoms with Crippen molar-refractivity contribution >= 4 is 29.0 Å². The highest BCUT2D eigenvalue weighted by molar-refractivity contribution is 7.98. The number of carbonyl (C=O) groups excluding carboxylic acids is 1. The Balaban J connectivity index is 1.63. The van der Waals surface area contributed by atoms with Crippen LogP contribution in [-0.2, 0) is 17.9 Å². The zero-order valence-electron chi connectivity index (χ0n) is 14.1. The summed E-state index contributed by atoms with van der Waals surface area (Å²) in [6.45, 7) is 4.92. The van der Waals surface area contributed by atoms with Gasteiger partial charge in [0.1, 0.15) is 0 Å². The first-order valence-electron chi connectivity index (χ1n) is 8.23. The maximum atomic E-state index is 12.3. The van der Waals surface area contributed by atoms with Crippen molar-refractivity contribution in [3.63, 3.8) is 0 Å². The summed E-state index contributed by atoms with van der Waals surface area (Å²) >= 11 is 3.28. The second kappa shape index (κ2) is 8.13. The maximum absolute atomic E-state index is 12.3. The number of aromatic nitrogens is 3. The molecule has 8 heteroatoms. The second-order valence-electron chi connectivity index (χ2n) is 5.77. The van der Waals surface area contributed by atoms with Crippen LogP contribution in [0.15, 0.2) is 22.7 Å². The van der Waals surface area contributed by atoms with E-state index in [4.69, 9.17) is 0 Å². The van der Waals surface area contributed by atoms with Crippen LogP contribution in [0.25, 0.3) is 0 Å². The zero-order valence-corrected chi connectivity index (χ0v) is 15.7. The Morgan fingerprint density at radius 2 is 2.38 bits per heavy atom. The molecule has 1 aliphatic heterocycles. The van der Waals surface area contributed by atoms with E-state index in [-0.39, 0.29) is 11.9 Å². The first-order chi connectivity index (χ1) is 11.7. The maximum Gasteiger partial charge on any atom is 0.234 e. The van der Waals surface area contributed by atoms with Crippen molar-refractivity contribution in [1.29, 1.82) is 0 Å². The second-order valence-corrected chi connectivity index (χ2v) is 7.58. The summed E-state index contributed by atoms with van der Waals surface area (Å²) in [5, 5.41) is 14.7. The van der Waals surface area contributed by atoms with Crippen LogP contribution in [0.5, 0.6) is 0 Å². The van der Waals surface area contributed by atoms with E-state index in [1.54, 1.807) is 23.1 Å². The molecular weight excluding hydrogens is 342 g/mol. The lowest BCUT2D eigenvalue weighted by molar-refractivity contribution is -0.122. The van der Waals surface area contributed by atoms with Crippen LogP contribution in [0, 0.1) is 0 Å². The fourth-order valence-corrected chi connectivity index (χ4v) is 4.35. The van der Waals surface area contributed by atoms with Gasteiger partial charge < -0.3 is 9.88 Å². The number of carbonyl (C=O) groups is 1. The molecule has 0 saturated carbocycles. The van der Waals surface area contributed by atoms with E-state index in [9.17, 15) is 4.79 Å². The van der Waals surface area contributed by atoms with Crippen molar-refractivity contribution in [2.75, 3.05) is 19.3 Å². The molecule has 0 aromatic carbocycles. The third-order valence-corrected chi connectivity index (χ3v) is 5.84. The van der Waals surface area contributed by atoms with Crippen LogP contribution in [0.4, 0.5) is 0 Å². The Kier molecular flexibility index (Phi) is 5.91. The van der Waals surface area contributed by atoms with Crippen molar-refractivity contribution in [2.45, 2.75) is 44.1 Å². The van der Waals surface area contributed by atoms with Gasteiger partial charge in [-0.3, -0.25) is 9.69 Å². The Morgan fingerprint density at radius 1 is 1.50 bits per heavy atom. The van der Waals surface area contributed by atoms with Gasteiger partial charge in [0, 0.05) is 11.4 Å². The first kappa shape index (κ1) is 17.4. The molecule has 130 valence electrons. The summed E-state index contributed by atoms with van der Waals surface area (Å²) in [5.41, 5.74) is 0. The Morgan fingerprint density at radius 3 is 3.08 bits per heavy atom. The van der Waals surface area contributed by atoms with Gasteiger partial charge in [0.05, 0.1) is 19.1 Å². The molecule has 1 aliphatic rings. The third kappa shape index (κ3) is 3.81. The van der Waals surface area contributed by atoms with E-state index in [0.29, 0.717) is 13.1 Å². The lowest BCUT2D eigenvalue weighted by Crippen LogP contribution is -2.37. The molecule has 2 aromatic rings. The van der Waals surface area contributed by atoms with Gasteiger partial charge in [0.15, 0.2) is 11.0 Å². The topological polar surface area (TPSA) is 63.1 Å². The Hall–Kier alpha value is -1.38. The normalized spacial score (nSPS) is 18.2. The molecule has 3 heterocycles. The molecule has 0 aliphatic carbocycles. The van der Waals surface area contributed by atoms with E-state index in [1.807, 2.05) is 23.8 Å². The van der Waals surface area contributed by atoms with Crippen molar-refractivity contribution in [3.8, 4) is 0 Å². The number of hydrogen-bond donors (Lipinski definition) is 1. The van der Waals surface area contributed by atoms with E-state index < -0.39 is 0 Å². The molecule has 1 saturated heterocycles. The number of nitrogens with one attached hydrogen (secondary N) is 1. The quantitative estimate of drug-likeness (QED) is 0.764. The molecule has 3 rings (SSSR count). The highest BCUT2D eigenvalue weighted by Crippen LogP contribution is 2.32. The molecule has 1 amide bonds. The summed E-state index contributed by atoms with van der Waals surface area (Å²) in [6, 6.07) is 4.23. The van der Waals surface area contributed by atoms with E-state index >= 15 is 0 Å². The van der Waals surface area contributed by atoms with Gasteiger partial charge in [-0.15, -0.1) is 21.5 Å². The number of amides is 1. The highest BCUT2D eigenvalue weighted by Gasteiger charge is 2.31. The minimum Gasteiger partial charge on any atom is -0.350 e. The Labute approximate surface area is 150 Å². The number of thiophene rings is 1. The summed E-state index contributed by atoms with van der Waals surface area (Å²) in [7, 11) is 0. The number of likely N-dealkylation sites (tertiary alicyclic amines) is 1. The monoisotopic (exact) mass is 365 g/mol. The third-order valence-electron chi connectivity index (χ3n) is 4.29. The van der Waals surface area contributed by atoms with Gasteiger partial charge in [0.25, 0.3) is 0 Å².